The van der Waals surface area contributed by atoms with Crippen molar-refractivity contribution < 1.29 is 4.79 Å². The molecule has 32 heavy (non-hydrogen) atoms. The Labute approximate surface area is 198 Å². The number of aromatic nitrogens is 2. The summed E-state index contributed by atoms with van der Waals surface area (Å²) >= 11 is 12.5. The van der Waals surface area contributed by atoms with Crippen molar-refractivity contribution in [3.63, 3.8) is 0 Å². The number of nitrogens with zero attached hydrogens (tertiary/aromatic N) is 5. The number of primary amides is 1. The number of pyridine rings is 1. The van der Waals surface area contributed by atoms with Crippen LogP contribution in [0.2, 0.25) is 10.0 Å². The van der Waals surface area contributed by atoms with E-state index in [0.717, 1.165) is 63.2 Å². The van der Waals surface area contributed by atoms with Crippen LogP contribution in [0.15, 0.2) is 48.7 Å². The number of benzene rings is 1. The van der Waals surface area contributed by atoms with Crippen LogP contribution in [0.5, 0.6) is 0 Å². The Balaban J connectivity index is 1.20. The molecule has 0 bridgehead atoms. The fourth-order valence-corrected chi connectivity index (χ4v) is 4.54. The highest BCUT2D eigenvalue weighted by atomic mass is 35.5. The topological polar surface area (TPSA) is 70.1 Å². The van der Waals surface area contributed by atoms with Gasteiger partial charge in [0.15, 0.2) is 5.82 Å². The minimum atomic E-state index is -0.468. The van der Waals surface area contributed by atoms with Crippen LogP contribution in [0, 0.1) is 0 Å². The summed E-state index contributed by atoms with van der Waals surface area (Å²) in [5.41, 5.74) is 7.56. The van der Waals surface area contributed by atoms with Crippen molar-refractivity contribution in [1.82, 2.24) is 14.5 Å². The zero-order valence-electron chi connectivity index (χ0n) is 18.0. The van der Waals surface area contributed by atoms with Crippen LogP contribution in [0.25, 0.3) is 5.52 Å². The second-order valence-electron chi connectivity index (χ2n) is 8.02. The first-order chi connectivity index (χ1) is 15.5. The van der Waals surface area contributed by atoms with Gasteiger partial charge in [0.2, 0.25) is 0 Å². The number of rotatable bonds is 8. The molecule has 0 saturated carbocycles. The zero-order chi connectivity index (χ0) is 22.5. The van der Waals surface area contributed by atoms with Gasteiger partial charge in [-0.25, -0.2) is 9.31 Å². The SMILES string of the molecule is NC(=O)N(CCCCCN1CCN(c2cccc(Cl)c2Cl)CC1)c1cc2ccccn2n1. The normalized spacial score (nSPS) is 14.8. The van der Waals surface area contributed by atoms with Crippen molar-refractivity contribution in [2.75, 3.05) is 49.1 Å². The maximum Gasteiger partial charge on any atom is 0.320 e. The highest BCUT2D eigenvalue weighted by molar-refractivity contribution is 6.43. The van der Waals surface area contributed by atoms with E-state index >= 15 is 0 Å². The van der Waals surface area contributed by atoms with Crippen LogP contribution in [0.3, 0.4) is 0 Å². The van der Waals surface area contributed by atoms with Gasteiger partial charge in [0.1, 0.15) is 0 Å². The summed E-state index contributed by atoms with van der Waals surface area (Å²) in [6.45, 7) is 5.48. The number of piperazine rings is 1. The van der Waals surface area contributed by atoms with Crippen LogP contribution < -0.4 is 15.5 Å². The molecule has 3 heterocycles. The van der Waals surface area contributed by atoms with Crippen molar-refractivity contribution in [3.8, 4) is 0 Å². The molecule has 7 nitrogen and oxygen atoms in total. The number of nitrogens with two attached hydrogens (primary N) is 1. The third-order valence-corrected chi connectivity index (χ3v) is 6.71. The number of hydrogen-bond donors (Lipinski definition) is 1. The van der Waals surface area contributed by atoms with Crippen molar-refractivity contribution in [1.29, 1.82) is 0 Å². The molecule has 1 aliphatic heterocycles. The number of anilines is 2. The summed E-state index contributed by atoms with van der Waals surface area (Å²) < 4.78 is 1.75. The van der Waals surface area contributed by atoms with Gasteiger partial charge < -0.3 is 10.6 Å². The van der Waals surface area contributed by atoms with Crippen molar-refractivity contribution in [3.05, 3.63) is 58.7 Å². The lowest BCUT2D eigenvalue weighted by Gasteiger charge is -2.36. The maximum atomic E-state index is 11.9. The van der Waals surface area contributed by atoms with E-state index in [1.807, 2.05) is 48.7 Å². The number of amides is 2. The number of urea groups is 1. The van der Waals surface area contributed by atoms with Gasteiger partial charge in [-0.05, 0) is 43.7 Å². The van der Waals surface area contributed by atoms with Crippen LogP contribution in [0.4, 0.5) is 16.3 Å². The van der Waals surface area contributed by atoms with E-state index in [1.54, 1.807) is 9.42 Å². The zero-order valence-corrected chi connectivity index (χ0v) is 19.5. The molecule has 0 unspecified atom stereocenters. The first-order valence-corrected chi connectivity index (χ1v) is 11.7. The number of unbranched alkanes of at least 4 members (excludes halogenated alkanes) is 2. The number of carbonyl (C=O) groups excluding carboxylic acids is 1. The Bertz CT molecular complexity index is 1030. The lowest BCUT2D eigenvalue weighted by molar-refractivity contribution is 0.250. The molecule has 170 valence electrons. The van der Waals surface area contributed by atoms with Gasteiger partial charge in [-0.2, -0.15) is 0 Å². The van der Waals surface area contributed by atoms with E-state index in [0.29, 0.717) is 22.4 Å². The molecule has 2 aromatic heterocycles. The summed E-state index contributed by atoms with van der Waals surface area (Å²) in [5.74, 6) is 0.597. The first-order valence-electron chi connectivity index (χ1n) is 11.0. The minimum Gasteiger partial charge on any atom is -0.368 e. The van der Waals surface area contributed by atoms with E-state index in [9.17, 15) is 4.79 Å². The van der Waals surface area contributed by atoms with Crippen LogP contribution in [0.1, 0.15) is 19.3 Å². The molecule has 1 fully saturated rings. The summed E-state index contributed by atoms with van der Waals surface area (Å²) in [7, 11) is 0. The molecule has 2 amide bonds. The monoisotopic (exact) mass is 474 g/mol. The molecule has 1 aliphatic rings. The smallest absolute Gasteiger partial charge is 0.320 e. The second kappa shape index (κ2) is 10.4. The third-order valence-electron chi connectivity index (χ3n) is 5.90. The van der Waals surface area contributed by atoms with Gasteiger partial charge >= 0.3 is 6.03 Å². The predicted octanol–water partition coefficient (Wildman–Crippen LogP) is 4.52. The third kappa shape index (κ3) is 5.28. The summed E-state index contributed by atoms with van der Waals surface area (Å²) in [6, 6.07) is 13.0. The van der Waals surface area contributed by atoms with Gasteiger partial charge in [-0.1, -0.05) is 41.8 Å². The first kappa shape index (κ1) is 22.7. The predicted molar refractivity (Wildman–Crippen MR) is 131 cm³/mol. The molecule has 0 aliphatic carbocycles. The Morgan fingerprint density at radius 1 is 1.03 bits per heavy atom. The standard InChI is InChI=1S/C23H28Cl2N6O/c24-19-8-6-9-20(22(19)25)29-15-13-28(14-16-29)10-3-1-4-11-30(23(26)32)21-17-18-7-2-5-12-31(18)27-21/h2,5-9,12,17H,1,3-4,10-11,13-16H2,(H2,26,32). The Kier molecular flexibility index (Phi) is 7.40. The molecule has 0 spiro atoms. The fourth-order valence-electron chi connectivity index (χ4n) is 4.13. The van der Waals surface area contributed by atoms with E-state index < -0.39 is 6.03 Å². The number of hydrogen-bond acceptors (Lipinski definition) is 4. The lowest BCUT2D eigenvalue weighted by atomic mass is 10.2. The Hall–Kier alpha value is -2.48. The molecule has 2 N–H and O–H groups in total. The molecule has 4 rings (SSSR count). The van der Waals surface area contributed by atoms with Crippen molar-refractivity contribution in [2.45, 2.75) is 19.3 Å². The molecular weight excluding hydrogens is 447 g/mol. The van der Waals surface area contributed by atoms with Gasteiger partial charge in [0, 0.05) is 45.0 Å². The Morgan fingerprint density at radius 3 is 2.59 bits per heavy atom. The maximum absolute atomic E-state index is 11.9. The second-order valence-corrected chi connectivity index (χ2v) is 8.81. The average molecular weight is 475 g/mol. The van der Waals surface area contributed by atoms with E-state index in [1.165, 1.54) is 0 Å². The number of halogens is 2. The highest BCUT2D eigenvalue weighted by Crippen LogP contribution is 2.32. The van der Waals surface area contributed by atoms with Crippen LogP contribution >= 0.6 is 23.2 Å². The van der Waals surface area contributed by atoms with Crippen molar-refractivity contribution >= 4 is 46.3 Å². The van der Waals surface area contributed by atoms with Gasteiger partial charge in [-0.15, -0.1) is 5.10 Å². The van der Waals surface area contributed by atoms with Crippen LogP contribution in [-0.2, 0) is 0 Å². The minimum absolute atomic E-state index is 0.468. The Morgan fingerprint density at radius 2 is 1.84 bits per heavy atom. The molecule has 0 radical (unpaired) electrons. The molecular formula is C23H28Cl2N6O. The highest BCUT2D eigenvalue weighted by Gasteiger charge is 2.20. The summed E-state index contributed by atoms with van der Waals surface area (Å²) in [4.78, 5) is 18.3. The molecule has 1 saturated heterocycles. The van der Waals surface area contributed by atoms with Gasteiger partial charge in [-0.3, -0.25) is 9.80 Å². The molecule has 9 heteroatoms. The summed E-state index contributed by atoms with van der Waals surface area (Å²) in [6.07, 6.45) is 4.85. The number of fused-ring (bicyclic) bond motifs is 1. The molecule has 1 aromatic carbocycles. The summed E-state index contributed by atoms with van der Waals surface area (Å²) in [5, 5.41) is 5.69. The lowest BCUT2D eigenvalue weighted by Crippen LogP contribution is -2.46. The van der Waals surface area contributed by atoms with Crippen molar-refractivity contribution in [2.24, 2.45) is 5.73 Å². The van der Waals surface area contributed by atoms with Gasteiger partial charge in [0.25, 0.3) is 0 Å². The molecule has 0 atom stereocenters. The average Bonchev–Trinajstić information content (AvgIpc) is 3.22. The van der Waals surface area contributed by atoms with Gasteiger partial charge in [0.05, 0.1) is 21.2 Å². The quantitative estimate of drug-likeness (QED) is 0.487. The van der Waals surface area contributed by atoms with E-state index in [4.69, 9.17) is 28.9 Å². The number of carbonyl (C=O) groups is 1. The largest absolute Gasteiger partial charge is 0.368 e. The van der Waals surface area contributed by atoms with E-state index in [-0.39, 0.29) is 0 Å². The fraction of sp³-hybridized carbons (Fsp3) is 0.391. The van der Waals surface area contributed by atoms with Crippen LogP contribution in [-0.4, -0.2) is 59.8 Å². The molecule has 3 aromatic rings. The van der Waals surface area contributed by atoms with E-state index in [2.05, 4.69) is 14.9 Å².